The van der Waals surface area contributed by atoms with Crippen molar-refractivity contribution in [2.75, 3.05) is 19.8 Å². The van der Waals surface area contributed by atoms with Crippen LogP contribution in [0.5, 0.6) is 0 Å². The molecule has 1 aromatic rings. The summed E-state index contributed by atoms with van der Waals surface area (Å²) in [4.78, 5) is 11.4. The van der Waals surface area contributed by atoms with E-state index in [9.17, 15) is 4.79 Å². The van der Waals surface area contributed by atoms with Gasteiger partial charge in [0.05, 0.1) is 18.4 Å². The van der Waals surface area contributed by atoms with Crippen LogP contribution in [0.3, 0.4) is 0 Å². The van der Waals surface area contributed by atoms with Crippen molar-refractivity contribution in [1.82, 2.24) is 5.43 Å². The Morgan fingerprint density at radius 2 is 2.28 bits per heavy atom. The van der Waals surface area contributed by atoms with E-state index in [0.29, 0.717) is 23.8 Å². The summed E-state index contributed by atoms with van der Waals surface area (Å²) in [6, 6.07) is 1.58. The molecular weight excluding hydrogens is 236 g/mol. The predicted molar refractivity (Wildman–Crippen MR) is 63.6 cm³/mol. The molecule has 1 aliphatic rings. The number of nitrogen functional groups attached to an aromatic ring is 1. The van der Waals surface area contributed by atoms with Gasteiger partial charge in [-0.05, 0) is 24.8 Å². The zero-order valence-corrected chi connectivity index (χ0v) is 10.2. The molecule has 0 radical (unpaired) electrons. The first-order valence-corrected chi connectivity index (χ1v) is 6.04. The monoisotopic (exact) mass is 254 g/mol. The number of hydrazine groups is 1. The second-order valence-electron chi connectivity index (χ2n) is 4.30. The van der Waals surface area contributed by atoms with Gasteiger partial charge in [-0.15, -0.1) is 0 Å². The molecule has 1 fully saturated rings. The molecule has 3 N–H and O–H groups in total. The van der Waals surface area contributed by atoms with Gasteiger partial charge in [0.2, 0.25) is 0 Å². The third kappa shape index (κ3) is 3.32. The molecule has 0 unspecified atom stereocenters. The van der Waals surface area contributed by atoms with Crippen LogP contribution in [0, 0.1) is 5.92 Å². The minimum Gasteiger partial charge on any atom is -0.466 e. The minimum absolute atomic E-state index is 0.285. The molecule has 2 rings (SSSR count). The van der Waals surface area contributed by atoms with Crippen LogP contribution in [0.2, 0.25) is 0 Å². The Balaban J connectivity index is 1.79. The van der Waals surface area contributed by atoms with Crippen LogP contribution >= 0.6 is 0 Å². The van der Waals surface area contributed by atoms with E-state index in [4.69, 9.17) is 19.7 Å². The van der Waals surface area contributed by atoms with Crippen LogP contribution in [0.25, 0.3) is 0 Å². The maximum absolute atomic E-state index is 11.4. The van der Waals surface area contributed by atoms with Gasteiger partial charge in [-0.3, -0.25) is 10.2 Å². The van der Waals surface area contributed by atoms with Crippen molar-refractivity contribution in [3.63, 3.8) is 0 Å². The van der Waals surface area contributed by atoms with Crippen LogP contribution in [0.15, 0.2) is 16.7 Å². The first-order chi connectivity index (χ1) is 8.81. The average Bonchev–Trinajstić information content (AvgIpc) is 2.87. The first kappa shape index (κ1) is 13.1. The topological polar surface area (TPSA) is 86.7 Å². The molecule has 1 saturated heterocycles. The average molecular weight is 254 g/mol. The largest absolute Gasteiger partial charge is 0.466 e. The van der Waals surface area contributed by atoms with E-state index in [-0.39, 0.29) is 12.5 Å². The lowest BCUT2D eigenvalue weighted by atomic mass is 10.0. The van der Waals surface area contributed by atoms with Gasteiger partial charge in [0.1, 0.15) is 12.4 Å². The molecule has 100 valence electrons. The molecular formula is C12H18N2O4. The van der Waals surface area contributed by atoms with Crippen molar-refractivity contribution >= 4 is 5.91 Å². The molecule has 1 aromatic heterocycles. The maximum Gasteiger partial charge on any atom is 0.268 e. The van der Waals surface area contributed by atoms with E-state index >= 15 is 0 Å². The Morgan fingerprint density at radius 3 is 3.00 bits per heavy atom. The van der Waals surface area contributed by atoms with Crippen LogP contribution in [0.4, 0.5) is 0 Å². The van der Waals surface area contributed by atoms with Gasteiger partial charge < -0.3 is 13.9 Å². The van der Waals surface area contributed by atoms with Crippen LogP contribution in [0.1, 0.15) is 29.0 Å². The standard InChI is InChI=1S/C12H18N2O4/c13-14-12(15)10-3-6-18-11(10)8-17-7-9-1-4-16-5-2-9/h3,6,9H,1-2,4-5,7-8,13H2,(H,14,15). The van der Waals surface area contributed by atoms with Crippen LogP contribution in [-0.2, 0) is 16.1 Å². The van der Waals surface area contributed by atoms with Crippen molar-refractivity contribution < 1.29 is 18.7 Å². The summed E-state index contributed by atoms with van der Waals surface area (Å²) in [5.74, 6) is 5.75. The number of hydrogen-bond donors (Lipinski definition) is 2. The highest BCUT2D eigenvalue weighted by molar-refractivity contribution is 5.94. The highest BCUT2D eigenvalue weighted by Crippen LogP contribution is 2.17. The third-order valence-electron chi connectivity index (χ3n) is 3.05. The van der Waals surface area contributed by atoms with Crippen LogP contribution < -0.4 is 11.3 Å². The summed E-state index contributed by atoms with van der Waals surface area (Å²) in [6.07, 6.45) is 3.50. The Kier molecular flexibility index (Phi) is 4.74. The van der Waals surface area contributed by atoms with Gasteiger partial charge in [-0.25, -0.2) is 5.84 Å². The van der Waals surface area contributed by atoms with Gasteiger partial charge in [0.25, 0.3) is 5.91 Å². The molecule has 1 amide bonds. The zero-order chi connectivity index (χ0) is 12.8. The lowest BCUT2D eigenvalue weighted by Gasteiger charge is -2.21. The SMILES string of the molecule is NNC(=O)c1ccoc1COCC1CCOCC1. The Labute approximate surface area is 105 Å². The smallest absolute Gasteiger partial charge is 0.268 e. The molecule has 6 nitrogen and oxygen atoms in total. The molecule has 0 spiro atoms. The molecule has 2 heterocycles. The summed E-state index contributed by atoms with van der Waals surface area (Å²) in [7, 11) is 0. The summed E-state index contributed by atoms with van der Waals surface area (Å²) >= 11 is 0. The van der Waals surface area contributed by atoms with E-state index in [1.54, 1.807) is 6.07 Å². The third-order valence-corrected chi connectivity index (χ3v) is 3.05. The highest BCUT2D eigenvalue weighted by Gasteiger charge is 2.16. The van der Waals surface area contributed by atoms with Gasteiger partial charge in [0.15, 0.2) is 0 Å². The van der Waals surface area contributed by atoms with Crippen molar-refractivity contribution in [3.8, 4) is 0 Å². The Bertz CT molecular complexity index is 385. The summed E-state index contributed by atoms with van der Waals surface area (Å²) in [5, 5.41) is 0. The Morgan fingerprint density at radius 1 is 1.50 bits per heavy atom. The lowest BCUT2D eigenvalue weighted by Crippen LogP contribution is -2.30. The highest BCUT2D eigenvalue weighted by atomic mass is 16.5. The number of nitrogens with one attached hydrogen (secondary N) is 1. The maximum atomic E-state index is 11.4. The second kappa shape index (κ2) is 6.53. The number of ether oxygens (including phenoxy) is 2. The number of amides is 1. The number of furan rings is 1. The van der Waals surface area contributed by atoms with E-state index in [2.05, 4.69) is 5.43 Å². The van der Waals surface area contributed by atoms with E-state index in [1.165, 1.54) is 6.26 Å². The zero-order valence-electron chi connectivity index (χ0n) is 10.2. The summed E-state index contributed by atoms with van der Waals surface area (Å²) < 4.78 is 16.1. The molecule has 0 atom stereocenters. The quantitative estimate of drug-likeness (QED) is 0.461. The van der Waals surface area contributed by atoms with Crippen LogP contribution in [-0.4, -0.2) is 25.7 Å². The Hall–Kier alpha value is -1.37. The number of rotatable bonds is 5. The van der Waals surface area contributed by atoms with Crippen molar-refractivity contribution in [3.05, 3.63) is 23.7 Å². The molecule has 0 saturated carbocycles. The normalized spacial score (nSPS) is 16.7. The van der Waals surface area contributed by atoms with E-state index in [1.807, 2.05) is 0 Å². The fraction of sp³-hybridized carbons (Fsp3) is 0.583. The molecule has 0 aliphatic carbocycles. The van der Waals surface area contributed by atoms with Crippen molar-refractivity contribution in [1.29, 1.82) is 0 Å². The first-order valence-electron chi connectivity index (χ1n) is 6.04. The van der Waals surface area contributed by atoms with Gasteiger partial charge in [-0.1, -0.05) is 0 Å². The number of nitrogens with two attached hydrogens (primary N) is 1. The molecule has 18 heavy (non-hydrogen) atoms. The molecule has 6 heteroatoms. The number of hydrogen-bond acceptors (Lipinski definition) is 5. The fourth-order valence-corrected chi connectivity index (χ4v) is 1.96. The van der Waals surface area contributed by atoms with Crippen molar-refractivity contribution in [2.24, 2.45) is 11.8 Å². The summed E-state index contributed by atoms with van der Waals surface area (Å²) in [5.41, 5.74) is 2.50. The van der Waals surface area contributed by atoms with E-state index in [0.717, 1.165) is 26.1 Å². The van der Waals surface area contributed by atoms with Crippen molar-refractivity contribution in [2.45, 2.75) is 19.4 Å². The van der Waals surface area contributed by atoms with Gasteiger partial charge in [-0.2, -0.15) is 0 Å². The second-order valence-corrected chi connectivity index (χ2v) is 4.30. The number of carbonyl (C=O) groups excluding carboxylic acids is 1. The predicted octanol–water partition coefficient (Wildman–Crippen LogP) is 0.826. The fourth-order valence-electron chi connectivity index (χ4n) is 1.96. The van der Waals surface area contributed by atoms with Gasteiger partial charge in [0, 0.05) is 13.2 Å². The van der Waals surface area contributed by atoms with E-state index < -0.39 is 0 Å². The minimum atomic E-state index is -0.367. The lowest BCUT2D eigenvalue weighted by molar-refractivity contribution is 0.0118. The van der Waals surface area contributed by atoms with Gasteiger partial charge >= 0.3 is 0 Å². The molecule has 1 aliphatic heterocycles. The molecule has 0 bridgehead atoms. The summed E-state index contributed by atoms with van der Waals surface area (Å²) in [6.45, 7) is 2.55. The number of carbonyl (C=O) groups is 1. The molecule has 0 aromatic carbocycles.